The van der Waals surface area contributed by atoms with Crippen molar-refractivity contribution >= 4 is 34.2 Å². The number of methoxy groups -OCH3 is 1. The number of amides is 1. The second kappa shape index (κ2) is 8.13. The molecule has 1 fully saturated rings. The molecule has 1 saturated heterocycles. The SMILES string of the molecule is COCC1(CNC(=O)c2cc(Br)ccc2C)CCCN1.Cl. The highest BCUT2D eigenvalue weighted by Crippen LogP contribution is 2.20. The maximum atomic E-state index is 12.3. The molecular formula is C15H22BrClN2O2. The van der Waals surface area contributed by atoms with Gasteiger partial charge in [0.1, 0.15) is 0 Å². The van der Waals surface area contributed by atoms with E-state index in [4.69, 9.17) is 4.74 Å². The van der Waals surface area contributed by atoms with Crippen LogP contribution in [0.2, 0.25) is 0 Å². The summed E-state index contributed by atoms with van der Waals surface area (Å²) in [5.74, 6) is -0.0343. The Balaban J connectivity index is 0.00000220. The molecule has 0 saturated carbocycles. The molecule has 2 rings (SSSR count). The molecule has 118 valence electrons. The lowest BCUT2D eigenvalue weighted by atomic mass is 9.98. The van der Waals surface area contributed by atoms with Crippen molar-refractivity contribution in [2.24, 2.45) is 0 Å². The monoisotopic (exact) mass is 376 g/mol. The van der Waals surface area contributed by atoms with Gasteiger partial charge in [0.25, 0.3) is 5.91 Å². The molecule has 1 aliphatic heterocycles. The van der Waals surface area contributed by atoms with E-state index in [1.807, 2.05) is 25.1 Å². The van der Waals surface area contributed by atoms with Gasteiger partial charge in [0.05, 0.1) is 12.1 Å². The van der Waals surface area contributed by atoms with Gasteiger partial charge in [-0.05, 0) is 44.0 Å². The molecule has 1 aliphatic rings. The fraction of sp³-hybridized carbons (Fsp3) is 0.533. The number of carbonyl (C=O) groups excluding carboxylic acids is 1. The van der Waals surface area contributed by atoms with Crippen LogP contribution in [0.4, 0.5) is 0 Å². The number of hydrogen-bond acceptors (Lipinski definition) is 3. The highest BCUT2D eigenvalue weighted by Gasteiger charge is 2.33. The Hall–Kier alpha value is -0.620. The average molecular weight is 378 g/mol. The van der Waals surface area contributed by atoms with Crippen LogP contribution in [0, 0.1) is 6.92 Å². The zero-order valence-electron chi connectivity index (χ0n) is 12.4. The third-order valence-electron chi connectivity index (χ3n) is 3.78. The first-order chi connectivity index (χ1) is 9.56. The number of nitrogens with one attached hydrogen (secondary N) is 2. The number of carbonyl (C=O) groups is 1. The molecule has 0 radical (unpaired) electrons. The standard InChI is InChI=1S/C15H21BrN2O2.ClH/c1-11-4-5-12(16)8-13(11)14(19)17-9-15(10-20-2)6-3-7-18-15;/h4-5,8,18H,3,6-7,9-10H2,1-2H3,(H,17,19);1H. The summed E-state index contributed by atoms with van der Waals surface area (Å²) < 4.78 is 6.20. The summed E-state index contributed by atoms with van der Waals surface area (Å²) >= 11 is 3.41. The summed E-state index contributed by atoms with van der Waals surface area (Å²) in [7, 11) is 1.70. The highest BCUT2D eigenvalue weighted by molar-refractivity contribution is 9.10. The predicted octanol–water partition coefficient (Wildman–Crippen LogP) is 2.68. The maximum absolute atomic E-state index is 12.3. The van der Waals surface area contributed by atoms with E-state index in [2.05, 4.69) is 26.6 Å². The molecular weight excluding hydrogens is 356 g/mol. The van der Waals surface area contributed by atoms with Crippen LogP contribution in [-0.2, 0) is 4.74 Å². The number of hydrogen-bond donors (Lipinski definition) is 2. The molecule has 0 aromatic heterocycles. The Morgan fingerprint density at radius 1 is 1.52 bits per heavy atom. The molecule has 6 heteroatoms. The largest absolute Gasteiger partial charge is 0.383 e. The van der Waals surface area contributed by atoms with Gasteiger partial charge >= 0.3 is 0 Å². The molecule has 4 nitrogen and oxygen atoms in total. The van der Waals surface area contributed by atoms with Crippen LogP contribution < -0.4 is 10.6 Å². The molecule has 0 spiro atoms. The Kier molecular flexibility index (Phi) is 7.13. The van der Waals surface area contributed by atoms with E-state index in [1.54, 1.807) is 7.11 Å². The summed E-state index contributed by atoms with van der Waals surface area (Å²) in [6.45, 7) is 4.13. The van der Waals surface area contributed by atoms with Crippen LogP contribution in [0.3, 0.4) is 0 Å². The fourth-order valence-electron chi connectivity index (χ4n) is 2.65. The van der Waals surface area contributed by atoms with Crippen LogP contribution in [0.1, 0.15) is 28.8 Å². The fourth-order valence-corrected chi connectivity index (χ4v) is 3.01. The molecule has 0 bridgehead atoms. The van der Waals surface area contributed by atoms with Crippen molar-refractivity contribution in [1.82, 2.24) is 10.6 Å². The first-order valence-electron chi connectivity index (χ1n) is 6.85. The zero-order chi connectivity index (χ0) is 14.6. The summed E-state index contributed by atoms with van der Waals surface area (Å²) in [5.41, 5.74) is 1.57. The number of benzene rings is 1. The van der Waals surface area contributed by atoms with Crippen LogP contribution in [-0.4, -0.2) is 38.3 Å². The Bertz CT molecular complexity index is 491. The van der Waals surface area contributed by atoms with Crippen LogP contribution in [0.25, 0.3) is 0 Å². The van der Waals surface area contributed by atoms with E-state index < -0.39 is 0 Å². The van der Waals surface area contributed by atoms with Crippen molar-refractivity contribution in [3.05, 3.63) is 33.8 Å². The summed E-state index contributed by atoms with van der Waals surface area (Å²) in [5, 5.41) is 6.49. The Morgan fingerprint density at radius 2 is 2.29 bits per heavy atom. The van der Waals surface area contributed by atoms with Gasteiger partial charge in [-0.3, -0.25) is 4.79 Å². The van der Waals surface area contributed by atoms with E-state index >= 15 is 0 Å². The second-order valence-electron chi connectivity index (χ2n) is 5.39. The predicted molar refractivity (Wildman–Crippen MR) is 90.3 cm³/mol. The van der Waals surface area contributed by atoms with Gasteiger partial charge in [-0.1, -0.05) is 22.0 Å². The van der Waals surface area contributed by atoms with Crippen molar-refractivity contribution in [2.75, 3.05) is 26.8 Å². The lowest BCUT2D eigenvalue weighted by Crippen LogP contribution is -2.53. The minimum Gasteiger partial charge on any atom is -0.383 e. The zero-order valence-corrected chi connectivity index (χ0v) is 14.8. The van der Waals surface area contributed by atoms with Gasteiger partial charge < -0.3 is 15.4 Å². The number of ether oxygens (including phenoxy) is 1. The van der Waals surface area contributed by atoms with Crippen molar-refractivity contribution < 1.29 is 9.53 Å². The van der Waals surface area contributed by atoms with Crippen LogP contribution in [0.15, 0.2) is 22.7 Å². The third-order valence-corrected chi connectivity index (χ3v) is 4.28. The molecule has 1 amide bonds. The Labute approximate surface area is 140 Å². The highest BCUT2D eigenvalue weighted by atomic mass is 79.9. The molecule has 1 aromatic carbocycles. The van der Waals surface area contributed by atoms with E-state index in [9.17, 15) is 4.79 Å². The summed E-state index contributed by atoms with van der Waals surface area (Å²) in [4.78, 5) is 12.3. The van der Waals surface area contributed by atoms with E-state index in [0.717, 1.165) is 29.4 Å². The van der Waals surface area contributed by atoms with E-state index in [-0.39, 0.29) is 23.9 Å². The van der Waals surface area contributed by atoms with Crippen LogP contribution >= 0.6 is 28.3 Å². The molecule has 1 atom stereocenters. The number of aryl methyl sites for hydroxylation is 1. The van der Waals surface area contributed by atoms with Crippen molar-refractivity contribution in [3.63, 3.8) is 0 Å². The maximum Gasteiger partial charge on any atom is 0.251 e. The summed E-state index contributed by atoms with van der Waals surface area (Å²) in [6, 6.07) is 5.74. The average Bonchev–Trinajstić information content (AvgIpc) is 2.88. The van der Waals surface area contributed by atoms with Gasteiger partial charge in [-0.2, -0.15) is 0 Å². The second-order valence-corrected chi connectivity index (χ2v) is 6.30. The molecule has 1 unspecified atom stereocenters. The Morgan fingerprint density at radius 3 is 2.90 bits per heavy atom. The van der Waals surface area contributed by atoms with Crippen LogP contribution in [0.5, 0.6) is 0 Å². The normalized spacial score (nSPS) is 20.9. The summed E-state index contributed by atoms with van der Waals surface area (Å²) in [6.07, 6.45) is 2.15. The smallest absolute Gasteiger partial charge is 0.251 e. The number of halogens is 2. The van der Waals surface area contributed by atoms with E-state index in [0.29, 0.717) is 18.7 Å². The van der Waals surface area contributed by atoms with Crippen molar-refractivity contribution in [1.29, 1.82) is 0 Å². The topological polar surface area (TPSA) is 50.4 Å². The van der Waals surface area contributed by atoms with Gasteiger partial charge in [-0.25, -0.2) is 0 Å². The van der Waals surface area contributed by atoms with Gasteiger partial charge in [0.2, 0.25) is 0 Å². The minimum absolute atomic E-state index is 0. The van der Waals surface area contributed by atoms with Gasteiger partial charge in [0, 0.05) is 23.7 Å². The number of rotatable bonds is 5. The lowest BCUT2D eigenvalue weighted by molar-refractivity contribution is 0.0891. The third kappa shape index (κ3) is 4.68. The molecule has 0 aliphatic carbocycles. The van der Waals surface area contributed by atoms with Gasteiger partial charge in [-0.15, -0.1) is 12.4 Å². The first kappa shape index (κ1) is 18.4. The van der Waals surface area contributed by atoms with Crippen molar-refractivity contribution in [2.45, 2.75) is 25.3 Å². The first-order valence-corrected chi connectivity index (χ1v) is 7.64. The quantitative estimate of drug-likeness (QED) is 0.829. The van der Waals surface area contributed by atoms with E-state index in [1.165, 1.54) is 0 Å². The molecule has 1 aromatic rings. The molecule has 2 N–H and O–H groups in total. The van der Waals surface area contributed by atoms with Gasteiger partial charge in [0.15, 0.2) is 0 Å². The molecule has 1 heterocycles. The lowest BCUT2D eigenvalue weighted by Gasteiger charge is -2.29. The molecule has 21 heavy (non-hydrogen) atoms. The minimum atomic E-state index is -0.121. The van der Waals surface area contributed by atoms with Crippen molar-refractivity contribution in [3.8, 4) is 0 Å².